The van der Waals surface area contributed by atoms with Crippen molar-refractivity contribution in [2.45, 2.75) is 31.9 Å². The zero-order valence-electron chi connectivity index (χ0n) is 8.05. The summed E-state index contributed by atoms with van der Waals surface area (Å²) in [5.41, 5.74) is -4.79. The molecule has 0 unspecified atom stereocenters. The molecule has 0 aliphatic rings. The third-order valence-corrected chi connectivity index (χ3v) is 0.549. The van der Waals surface area contributed by atoms with Gasteiger partial charge in [-0.3, -0.25) is 0 Å². The third kappa shape index (κ3) is 29.9. The summed E-state index contributed by atoms with van der Waals surface area (Å²) in [6.07, 6.45) is 0. The first kappa shape index (κ1) is 16.0. The maximum absolute atomic E-state index is 10.4. The van der Waals surface area contributed by atoms with Gasteiger partial charge in [-0.05, 0) is 20.8 Å². The van der Waals surface area contributed by atoms with Crippen molar-refractivity contribution in [1.29, 1.82) is 0 Å². The Hall–Kier alpha value is -0.430. The number of esters is 1. The zero-order chi connectivity index (χ0) is 12.0. The minimum absolute atomic E-state index is 0.486. The van der Waals surface area contributed by atoms with E-state index in [4.69, 9.17) is 9.84 Å². The van der Waals surface area contributed by atoms with E-state index in [0.29, 0.717) is 0 Å². The number of alkyl halides is 3. The molecule has 0 fully saturated rings. The highest BCUT2D eigenvalue weighted by Gasteiger charge is 2.17. The maximum Gasteiger partial charge on any atom is 0.438 e. The predicted molar refractivity (Wildman–Crippen MR) is 48.0 cm³/mol. The van der Waals surface area contributed by atoms with Gasteiger partial charge in [-0.25, -0.2) is 4.79 Å². The number of hydrogen-bond donors (Lipinski definition) is 2. The van der Waals surface area contributed by atoms with Crippen molar-refractivity contribution < 1.29 is 27.8 Å². The third-order valence-electron chi connectivity index (χ3n) is 0.549. The van der Waals surface area contributed by atoms with Gasteiger partial charge in [0.1, 0.15) is 12.2 Å². The molecule has 0 aromatic heterocycles. The lowest BCUT2D eigenvalue weighted by Crippen LogP contribution is -2.25. The van der Waals surface area contributed by atoms with Crippen molar-refractivity contribution in [3.63, 3.8) is 0 Å². The van der Waals surface area contributed by atoms with Crippen LogP contribution in [0.15, 0.2) is 0 Å². The molecule has 0 aliphatic carbocycles. The number of thiol groups is 1. The topological polar surface area (TPSA) is 46.5 Å². The Morgan fingerprint density at radius 3 is 1.71 bits per heavy atom. The van der Waals surface area contributed by atoms with E-state index in [1.54, 1.807) is 20.8 Å². The van der Waals surface area contributed by atoms with E-state index in [2.05, 4.69) is 12.6 Å². The highest BCUT2D eigenvalue weighted by Crippen LogP contribution is 2.17. The van der Waals surface area contributed by atoms with Crippen molar-refractivity contribution in [1.82, 2.24) is 0 Å². The maximum atomic E-state index is 10.4. The largest absolute Gasteiger partial charge is 0.458 e. The fraction of sp³-hybridized carbons (Fsp3) is 0.857. The van der Waals surface area contributed by atoms with E-state index >= 15 is 0 Å². The number of hydrogen-bond acceptors (Lipinski definition) is 4. The fourth-order valence-electron chi connectivity index (χ4n) is 0.374. The monoisotopic (exact) mass is 234 g/mol. The first-order chi connectivity index (χ1) is 5.95. The van der Waals surface area contributed by atoms with Crippen molar-refractivity contribution in [2.75, 3.05) is 6.61 Å². The van der Waals surface area contributed by atoms with Crippen LogP contribution in [0.1, 0.15) is 20.8 Å². The van der Waals surface area contributed by atoms with Crippen LogP contribution in [-0.2, 0) is 9.53 Å². The van der Waals surface area contributed by atoms with Gasteiger partial charge in [0.15, 0.2) is 0 Å². The average molecular weight is 234 g/mol. The smallest absolute Gasteiger partial charge is 0.438 e. The van der Waals surface area contributed by atoms with Crippen LogP contribution in [0.2, 0.25) is 0 Å². The molecule has 3 nitrogen and oxygen atoms in total. The Kier molecular flexibility index (Phi) is 7.01. The van der Waals surface area contributed by atoms with Gasteiger partial charge in [-0.15, -0.1) is 0 Å². The summed E-state index contributed by atoms with van der Waals surface area (Å²) in [5, 5.41) is 8.22. The number of rotatable bonds is 1. The highest BCUT2D eigenvalue weighted by atomic mass is 32.1. The predicted octanol–water partition coefficient (Wildman–Crippen LogP) is 1.76. The molecule has 1 N–H and O–H groups in total. The molecule has 0 aliphatic heterocycles. The van der Waals surface area contributed by atoms with Gasteiger partial charge < -0.3 is 9.84 Å². The van der Waals surface area contributed by atoms with Gasteiger partial charge in [-0.1, -0.05) is 12.6 Å². The molecule has 0 spiro atoms. The Morgan fingerprint density at radius 2 is 1.64 bits per heavy atom. The average Bonchev–Trinajstić information content (AvgIpc) is 1.79. The Bertz CT molecular complexity index is 168. The van der Waals surface area contributed by atoms with Crippen LogP contribution >= 0.6 is 12.6 Å². The summed E-state index contributed by atoms with van der Waals surface area (Å²) in [4.78, 5) is 10.4. The Balaban J connectivity index is 0. The molecule has 0 atom stereocenters. The second-order valence-electron chi connectivity index (χ2n) is 3.21. The lowest BCUT2D eigenvalue weighted by atomic mass is 10.2. The van der Waals surface area contributed by atoms with Crippen molar-refractivity contribution in [3.05, 3.63) is 0 Å². The van der Waals surface area contributed by atoms with Gasteiger partial charge in [-0.2, -0.15) is 13.2 Å². The number of carbonyl (C=O) groups excluding carboxylic acids is 1. The number of carbonyl (C=O) groups is 1. The first-order valence-corrected chi connectivity index (χ1v) is 4.02. The summed E-state index contributed by atoms with van der Waals surface area (Å²) in [6.45, 7) is 4.71. The molecule has 7 heteroatoms. The van der Waals surface area contributed by atoms with Crippen LogP contribution in [-0.4, -0.2) is 28.8 Å². The summed E-state index contributed by atoms with van der Waals surface area (Å²) in [5.74, 6) is -0.581. The first-order valence-electron chi connectivity index (χ1n) is 3.57. The molecule has 0 radical (unpaired) electrons. The minimum atomic E-state index is -4.31. The molecule has 0 heterocycles. The summed E-state index contributed by atoms with van der Waals surface area (Å²) >= 11 is 2.12. The highest BCUT2D eigenvalue weighted by molar-refractivity contribution is 7.81. The molecule has 0 bridgehead atoms. The summed E-state index contributed by atoms with van der Waals surface area (Å²) in [6, 6.07) is 0. The van der Waals surface area contributed by atoms with Gasteiger partial charge >= 0.3 is 11.5 Å². The minimum Gasteiger partial charge on any atom is -0.458 e. The van der Waals surface area contributed by atoms with Crippen LogP contribution < -0.4 is 0 Å². The number of halogens is 3. The van der Waals surface area contributed by atoms with E-state index in [-0.39, 0.29) is 0 Å². The Morgan fingerprint density at radius 1 is 1.36 bits per heavy atom. The van der Waals surface area contributed by atoms with Gasteiger partial charge in [0.2, 0.25) is 0 Å². The molecular weight excluding hydrogens is 221 g/mol. The number of ether oxygens (including phenoxy) is 1. The van der Waals surface area contributed by atoms with Crippen LogP contribution in [0.4, 0.5) is 13.2 Å². The molecule has 0 saturated heterocycles. The van der Waals surface area contributed by atoms with Crippen LogP contribution in [0.5, 0.6) is 0 Å². The zero-order valence-corrected chi connectivity index (χ0v) is 8.95. The summed E-state index contributed by atoms with van der Waals surface area (Å²) < 4.78 is 35.4. The van der Waals surface area contributed by atoms with Gasteiger partial charge in [0.05, 0.1) is 0 Å². The quantitative estimate of drug-likeness (QED) is 0.537. The van der Waals surface area contributed by atoms with Crippen molar-refractivity contribution in [3.8, 4) is 0 Å². The van der Waals surface area contributed by atoms with E-state index in [9.17, 15) is 18.0 Å². The van der Waals surface area contributed by atoms with Crippen LogP contribution in [0.25, 0.3) is 0 Å². The molecule has 0 amide bonds. The lowest BCUT2D eigenvalue weighted by molar-refractivity contribution is -0.158. The summed E-state index contributed by atoms with van der Waals surface area (Å²) in [7, 11) is 0. The standard InChI is InChI=1S/C6H12O3.CHF3S/c1-6(2,3)9-5(8)4-7;2-1(3,4)5/h7H,4H2,1-3H3;5H. The molecular formula is C7H13F3O3S. The Labute approximate surface area is 85.7 Å². The SMILES string of the molecule is CC(C)(C)OC(=O)CO.FC(F)(F)S. The second-order valence-corrected chi connectivity index (χ2v) is 3.72. The molecule has 14 heavy (non-hydrogen) atoms. The van der Waals surface area contributed by atoms with Gasteiger partial charge in [0, 0.05) is 0 Å². The number of aliphatic hydroxyl groups excluding tert-OH is 1. The molecule has 0 aromatic carbocycles. The van der Waals surface area contributed by atoms with Crippen LogP contribution in [0.3, 0.4) is 0 Å². The molecule has 0 rings (SSSR count). The van der Waals surface area contributed by atoms with Crippen molar-refractivity contribution in [2.24, 2.45) is 0 Å². The molecule has 0 aromatic rings. The lowest BCUT2D eigenvalue weighted by Gasteiger charge is -2.18. The van der Waals surface area contributed by atoms with E-state index in [1.807, 2.05) is 0 Å². The van der Waals surface area contributed by atoms with E-state index in [1.165, 1.54) is 0 Å². The second kappa shape index (κ2) is 6.13. The normalized spacial score (nSPS) is 11.4. The van der Waals surface area contributed by atoms with E-state index < -0.39 is 23.7 Å². The van der Waals surface area contributed by atoms with Gasteiger partial charge in [0.25, 0.3) is 0 Å². The number of aliphatic hydroxyl groups is 1. The molecule has 0 saturated carbocycles. The fourth-order valence-corrected chi connectivity index (χ4v) is 0.374. The van der Waals surface area contributed by atoms with Crippen molar-refractivity contribution >= 4 is 18.6 Å². The molecule has 86 valence electrons. The van der Waals surface area contributed by atoms with E-state index in [0.717, 1.165) is 0 Å². The van der Waals surface area contributed by atoms with Crippen LogP contribution in [0, 0.1) is 0 Å².